The molecule has 0 saturated carbocycles. The first kappa shape index (κ1) is 12.8. The second-order valence-corrected chi connectivity index (χ2v) is 5.46. The molecule has 20 heavy (non-hydrogen) atoms. The third-order valence-electron chi connectivity index (χ3n) is 2.88. The minimum atomic E-state index is -0.0349. The molecule has 0 bridgehead atoms. The van der Waals surface area contributed by atoms with Crippen LogP contribution in [0.25, 0.3) is 15.3 Å². The zero-order valence-electron chi connectivity index (χ0n) is 11.3. The number of nitrogens with zero attached hydrogens (tertiary/aromatic N) is 3. The van der Waals surface area contributed by atoms with E-state index in [1.807, 2.05) is 44.2 Å². The lowest BCUT2D eigenvalue weighted by Gasteiger charge is -2.04. The van der Waals surface area contributed by atoms with Crippen molar-refractivity contribution in [3.8, 4) is 5.13 Å². The fourth-order valence-corrected chi connectivity index (χ4v) is 2.85. The van der Waals surface area contributed by atoms with Crippen LogP contribution >= 0.6 is 11.3 Å². The maximum atomic E-state index is 11.6. The Balaban J connectivity index is 2.06. The highest BCUT2D eigenvalue weighted by atomic mass is 32.1. The van der Waals surface area contributed by atoms with E-state index in [1.165, 1.54) is 0 Å². The van der Waals surface area contributed by atoms with Gasteiger partial charge in [-0.3, -0.25) is 4.79 Å². The summed E-state index contributed by atoms with van der Waals surface area (Å²) in [5.74, 6) is 0.626. The normalized spacial score (nSPS) is 10.9. The van der Waals surface area contributed by atoms with E-state index in [-0.39, 0.29) is 5.91 Å². The van der Waals surface area contributed by atoms with E-state index in [0.29, 0.717) is 12.2 Å². The van der Waals surface area contributed by atoms with E-state index in [4.69, 9.17) is 0 Å². The lowest BCUT2D eigenvalue weighted by Crippen LogP contribution is -2.13. The van der Waals surface area contributed by atoms with Gasteiger partial charge in [0.15, 0.2) is 0 Å². The van der Waals surface area contributed by atoms with E-state index in [1.54, 1.807) is 16.0 Å². The van der Waals surface area contributed by atoms with Gasteiger partial charge in [0.1, 0.15) is 5.82 Å². The number of thiazole rings is 1. The van der Waals surface area contributed by atoms with Crippen LogP contribution in [0.4, 0.5) is 5.82 Å². The molecule has 0 unspecified atom stereocenters. The van der Waals surface area contributed by atoms with Gasteiger partial charge in [0, 0.05) is 12.5 Å². The van der Waals surface area contributed by atoms with Crippen molar-refractivity contribution in [2.24, 2.45) is 0 Å². The number of rotatable bonds is 3. The monoisotopic (exact) mass is 286 g/mol. The van der Waals surface area contributed by atoms with Crippen molar-refractivity contribution in [3.63, 3.8) is 0 Å². The number of anilines is 1. The second-order valence-electron chi connectivity index (χ2n) is 4.45. The van der Waals surface area contributed by atoms with Crippen molar-refractivity contribution < 1.29 is 4.79 Å². The number of fused-ring (bicyclic) bond motifs is 1. The fourth-order valence-electron chi connectivity index (χ4n) is 1.92. The predicted molar refractivity (Wildman–Crippen MR) is 80.4 cm³/mol. The van der Waals surface area contributed by atoms with Gasteiger partial charge in [0.05, 0.1) is 15.9 Å². The first-order chi connectivity index (χ1) is 9.67. The van der Waals surface area contributed by atoms with Crippen molar-refractivity contribution in [2.75, 3.05) is 5.32 Å². The van der Waals surface area contributed by atoms with Crippen LogP contribution in [-0.4, -0.2) is 20.7 Å². The molecule has 0 atom stereocenters. The van der Waals surface area contributed by atoms with Gasteiger partial charge in [0.2, 0.25) is 11.0 Å². The van der Waals surface area contributed by atoms with Crippen LogP contribution in [0.1, 0.15) is 19.0 Å². The highest BCUT2D eigenvalue weighted by Crippen LogP contribution is 2.26. The van der Waals surface area contributed by atoms with Crippen LogP contribution in [0, 0.1) is 6.92 Å². The summed E-state index contributed by atoms with van der Waals surface area (Å²) in [6.07, 6.45) is 0.435. The van der Waals surface area contributed by atoms with Gasteiger partial charge in [0.25, 0.3) is 0 Å². The highest BCUT2D eigenvalue weighted by molar-refractivity contribution is 7.20. The molecule has 5 nitrogen and oxygen atoms in total. The molecule has 1 amide bonds. The minimum absolute atomic E-state index is 0.0349. The number of para-hydroxylation sites is 1. The topological polar surface area (TPSA) is 59.8 Å². The number of benzene rings is 1. The largest absolute Gasteiger partial charge is 0.311 e. The Morgan fingerprint density at radius 3 is 2.95 bits per heavy atom. The average molecular weight is 286 g/mol. The smallest absolute Gasteiger partial charge is 0.225 e. The van der Waals surface area contributed by atoms with E-state index in [0.717, 1.165) is 21.0 Å². The molecule has 2 aromatic heterocycles. The maximum absolute atomic E-state index is 11.6. The molecule has 0 spiro atoms. The van der Waals surface area contributed by atoms with Crippen molar-refractivity contribution in [2.45, 2.75) is 20.3 Å². The standard InChI is InChI=1S/C14H14N4OS/c1-3-13(19)16-12-8-9(2)17-18(12)14-15-10-6-4-5-7-11(10)20-14/h4-8H,3H2,1-2H3,(H,16,19). The van der Waals surface area contributed by atoms with E-state index in [9.17, 15) is 4.79 Å². The molecule has 0 fully saturated rings. The summed E-state index contributed by atoms with van der Waals surface area (Å²) >= 11 is 1.55. The summed E-state index contributed by atoms with van der Waals surface area (Å²) in [7, 11) is 0. The SMILES string of the molecule is CCC(=O)Nc1cc(C)nn1-c1nc2ccccc2s1. The molecule has 1 aromatic carbocycles. The Bertz CT molecular complexity index is 741. The van der Waals surface area contributed by atoms with Crippen molar-refractivity contribution in [1.82, 2.24) is 14.8 Å². The van der Waals surface area contributed by atoms with Crippen molar-refractivity contribution >= 4 is 33.3 Å². The Hall–Kier alpha value is -2.21. The van der Waals surface area contributed by atoms with Crippen LogP contribution in [0.2, 0.25) is 0 Å². The number of hydrogen-bond donors (Lipinski definition) is 1. The van der Waals surface area contributed by atoms with Crippen LogP contribution in [-0.2, 0) is 4.79 Å². The fraction of sp³-hybridized carbons (Fsp3) is 0.214. The van der Waals surface area contributed by atoms with Gasteiger partial charge in [-0.1, -0.05) is 30.4 Å². The molecule has 0 radical (unpaired) electrons. The Morgan fingerprint density at radius 1 is 1.40 bits per heavy atom. The van der Waals surface area contributed by atoms with E-state index < -0.39 is 0 Å². The third-order valence-corrected chi connectivity index (χ3v) is 3.90. The average Bonchev–Trinajstić information content (AvgIpc) is 3.01. The zero-order valence-corrected chi connectivity index (χ0v) is 12.1. The molecule has 3 aromatic rings. The molecule has 0 aliphatic rings. The number of amides is 1. The van der Waals surface area contributed by atoms with Crippen molar-refractivity contribution in [1.29, 1.82) is 0 Å². The summed E-state index contributed by atoms with van der Waals surface area (Å²) in [6.45, 7) is 3.71. The number of aromatic nitrogens is 3. The molecular formula is C14H14N4OS. The molecule has 1 N–H and O–H groups in total. The number of hydrogen-bond acceptors (Lipinski definition) is 4. The number of aryl methyl sites for hydroxylation is 1. The van der Waals surface area contributed by atoms with Crippen LogP contribution < -0.4 is 5.32 Å². The molecular weight excluding hydrogens is 272 g/mol. The van der Waals surface area contributed by atoms with Gasteiger partial charge in [-0.2, -0.15) is 9.78 Å². The number of carbonyl (C=O) groups excluding carboxylic acids is 1. The van der Waals surface area contributed by atoms with E-state index in [2.05, 4.69) is 15.4 Å². The molecule has 2 heterocycles. The number of carbonyl (C=O) groups is 1. The Labute approximate surface area is 120 Å². The Morgan fingerprint density at radius 2 is 2.20 bits per heavy atom. The third kappa shape index (κ3) is 2.30. The molecule has 0 aliphatic heterocycles. The molecule has 3 rings (SSSR count). The molecule has 0 aliphatic carbocycles. The summed E-state index contributed by atoms with van der Waals surface area (Å²) in [4.78, 5) is 16.1. The maximum Gasteiger partial charge on any atom is 0.225 e. The van der Waals surface area contributed by atoms with Gasteiger partial charge >= 0.3 is 0 Å². The summed E-state index contributed by atoms with van der Waals surface area (Å²) in [5.41, 5.74) is 1.78. The lowest BCUT2D eigenvalue weighted by atomic mass is 10.3. The lowest BCUT2D eigenvalue weighted by molar-refractivity contribution is -0.115. The second kappa shape index (κ2) is 5.05. The van der Waals surface area contributed by atoms with Crippen LogP contribution in [0.5, 0.6) is 0 Å². The summed E-state index contributed by atoms with van der Waals surface area (Å²) < 4.78 is 2.79. The van der Waals surface area contributed by atoms with Crippen LogP contribution in [0.15, 0.2) is 30.3 Å². The summed E-state index contributed by atoms with van der Waals surface area (Å²) in [6, 6.07) is 9.78. The molecule has 0 saturated heterocycles. The quantitative estimate of drug-likeness (QED) is 0.804. The van der Waals surface area contributed by atoms with Crippen molar-refractivity contribution in [3.05, 3.63) is 36.0 Å². The molecule has 6 heteroatoms. The van der Waals surface area contributed by atoms with E-state index >= 15 is 0 Å². The Kier molecular flexibility index (Phi) is 3.23. The van der Waals surface area contributed by atoms with Gasteiger partial charge in [-0.05, 0) is 19.1 Å². The summed E-state index contributed by atoms with van der Waals surface area (Å²) in [5, 5.41) is 8.02. The van der Waals surface area contributed by atoms with Gasteiger partial charge in [-0.15, -0.1) is 0 Å². The minimum Gasteiger partial charge on any atom is -0.311 e. The zero-order chi connectivity index (χ0) is 14.1. The molecule has 102 valence electrons. The number of nitrogens with one attached hydrogen (secondary N) is 1. The van der Waals surface area contributed by atoms with Gasteiger partial charge in [-0.25, -0.2) is 4.98 Å². The first-order valence-electron chi connectivity index (χ1n) is 6.40. The van der Waals surface area contributed by atoms with Gasteiger partial charge < -0.3 is 5.32 Å². The van der Waals surface area contributed by atoms with Crippen LogP contribution in [0.3, 0.4) is 0 Å². The predicted octanol–water partition coefficient (Wildman–Crippen LogP) is 3.14. The first-order valence-corrected chi connectivity index (χ1v) is 7.21. The highest BCUT2D eigenvalue weighted by Gasteiger charge is 2.13.